The highest BCUT2D eigenvalue weighted by atomic mass is 16.3. The molecule has 5 heteroatoms. The van der Waals surface area contributed by atoms with Gasteiger partial charge in [0.05, 0.1) is 16.7 Å². The molecule has 1 aromatic carbocycles. The number of fused-ring (bicyclic) bond motifs is 1. The van der Waals surface area contributed by atoms with E-state index >= 15 is 0 Å². The Balaban J connectivity index is 2.03. The van der Waals surface area contributed by atoms with Crippen LogP contribution in [0, 0.1) is 0 Å². The predicted octanol–water partition coefficient (Wildman–Crippen LogP) is 1.44. The Bertz CT molecular complexity index is 692. The van der Waals surface area contributed by atoms with E-state index in [1.54, 1.807) is 29.3 Å². The van der Waals surface area contributed by atoms with Crippen LogP contribution in [0.15, 0.2) is 42.9 Å². The van der Waals surface area contributed by atoms with Crippen molar-refractivity contribution in [1.82, 2.24) is 19.7 Å². The predicted molar refractivity (Wildman–Crippen MR) is 66.8 cm³/mol. The molecule has 0 amide bonds. The van der Waals surface area contributed by atoms with Gasteiger partial charge in [0.25, 0.3) is 0 Å². The van der Waals surface area contributed by atoms with Crippen LogP contribution in [0.25, 0.3) is 11.0 Å². The van der Waals surface area contributed by atoms with Crippen LogP contribution in [-0.2, 0) is 7.05 Å². The molecule has 0 fully saturated rings. The second-order valence-corrected chi connectivity index (χ2v) is 4.12. The van der Waals surface area contributed by atoms with E-state index in [9.17, 15) is 5.11 Å². The lowest BCUT2D eigenvalue weighted by Gasteiger charge is -2.08. The maximum absolute atomic E-state index is 10.2. The van der Waals surface area contributed by atoms with E-state index in [1.165, 1.54) is 0 Å². The highest BCUT2D eigenvalue weighted by molar-refractivity contribution is 5.74. The second-order valence-electron chi connectivity index (χ2n) is 4.12. The Kier molecular flexibility index (Phi) is 2.53. The first-order valence-corrected chi connectivity index (χ1v) is 5.62. The van der Waals surface area contributed by atoms with Gasteiger partial charge in [-0.05, 0) is 23.8 Å². The van der Waals surface area contributed by atoms with Gasteiger partial charge in [-0.25, -0.2) is 0 Å². The van der Waals surface area contributed by atoms with Crippen LogP contribution in [0.5, 0.6) is 0 Å². The molecule has 2 heterocycles. The fourth-order valence-electron chi connectivity index (χ4n) is 1.90. The molecule has 5 nitrogen and oxygen atoms in total. The lowest BCUT2D eigenvalue weighted by Crippen LogP contribution is -2.02. The van der Waals surface area contributed by atoms with Crippen molar-refractivity contribution in [2.75, 3.05) is 0 Å². The van der Waals surface area contributed by atoms with Gasteiger partial charge in [0, 0.05) is 25.6 Å². The Hall–Kier alpha value is -2.27. The maximum Gasteiger partial charge on any atom is 0.123 e. The molecule has 2 aromatic heterocycles. The van der Waals surface area contributed by atoms with E-state index in [0.29, 0.717) is 5.69 Å². The molecule has 1 unspecified atom stereocenters. The molecule has 3 rings (SSSR count). The molecule has 0 saturated carbocycles. The molecule has 1 atom stereocenters. The summed E-state index contributed by atoms with van der Waals surface area (Å²) in [5.41, 5.74) is 2.97. The lowest BCUT2D eigenvalue weighted by molar-refractivity contribution is 0.214. The van der Waals surface area contributed by atoms with Gasteiger partial charge in [-0.3, -0.25) is 14.6 Å². The van der Waals surface area contributed by atoms with E-state index in [2.05, 4.69) is 15.1 Å². The summed E-state index contributed by atoms with van der Waals surface area (Å²) < 4.78 is 1.67. The number of aliphatic hydroxyl groups excluding tert-OH is 1. The van der Waals surface area contributed by atoms with E-state index in [1.807, 2.05) is 25.2 Å². The quantitative estimate of drug-likeness (QED) is 0.736. The molecule has 0 spiro atoms. The van der Waals surface area contributed by atoms with Crippen LogP contribution < -0.4 is 0 Å². The van der Waals surface area contributed by atoms with Crippen molar-refractivity contribution in [1.29, 1.82) is 0 Å². The number of aromatic nitrogens is 4. The highest BCUT2D eigenvalue weighted by Crippen LogP contribution is 2.22. The van der Waals surface area contributed by atoms with Crippen molar-refractivity contribution in [2.24, 2.45) is 7.05 Å². The summed E-state index contributed by atoms with van der Waals surface area (Å²) in [5, 5.41) is 14.4. The third-order valence-electron chi connectivity index (χ3n) is 2.82. The van der Waals surface area contributed by atoms with Crippen molar-refractivity contribution in [3.05, 3.63) is 54.1 Å². The zero-order chi connectivity index (χ0) is 12.5. The molecular formula is C13H12N4O. The van der Waals surface area contributed by atoms with Crippen LogP contribution in [0.2, 0.25) is 0 Å². The highest BCUT2D eigenvalue weighted by Gasteiger charge is 2.13. The molecule has 90 valence electrons. The number of hydrogen-bond acceptors (Lipinski definition) is 4. The molecule has 0 aliphatic carbocycles. The first kappa shape index (κ1) is 10.9. The summed E-state index contributed by atoms with van der Waals surface area (Å²) in [4.78, 5) is 8.42. The molecule has 18 heavy (non-hydrogen) atoms. The number of aryl methyl sites for hydroxylation is 1. The van der Waals surface area contributed by atoms with Crippen LogP contribution in [0.3, 0.4) is 0 Å². The zero-order valence-corrected chi connectivity index (χ0v) is 9.85. The standard InChI is InChI=1S/C13H12N4O/c1-17-7-4-11(16-17)13(18)9-2-3-10-12(8-9)15-6-5-14-10/h2-8,13,18H,1H3. The van der Waals surface area contributed by atoms with E-state index in [0.717, 1.165) is 16.6 Å². The number of aliphatic hydroxyl groups is 1. The molecule has 0 bridgehead atoms. The van der Waals surface area contributed by atoms with Gasteiger partial charge < -0.3 is 5.11 Å². The maximum atomic E-state index is 10.2. The van der Waals surface area contributed by atoms with Crippen molar-refractivity contribution in [3.63, 3.8) is 0 Å². The van der Waals surface area contributed by atoms with Crippen molar-refractivity contribution in [3.8, 4) is 0 Å². The Morgan fingerprint density at radius 1 is 1.11 bits per heavy atom. The average Bonchev–Trinajstić information content (AvgIpc) is 2.84. The molecule has 3 aromatic rings. The Morgan fingerprint density at radius 3 is 2.61 bits per heavy atom. The number of benzene rings is 1. The van der Waals surface area contributed by atoms with Gasteiger partial charge in [-0.2, -0.15) is 5.10 Å². The Labute approximate surface area is 104 Å². The molecule has 0 aliphatic rings. The summed E-state index contributed by atoms with van der Waals surface area (Å²) >= 11 is 0. The van der Waals surface area contributed by atoms with Crippen molar-refractivity contribution >= 4 is 11.0 Å². The number of nitrogens with zero attached hydrogens (tertiary/aromatic N) is 4. The SMILES string of the molecule is Cn1ccc(C(O)c2ccc3nccnc3c2)n1. The van der Waals surface area contributed by atoms with Gasteiger partial charge in [-0.15, -0.1) is 0 Å². The number of hydrogen-bond donors (Lipinski definition) is 1. The summed E-state index contributed by atoms with van der Waals surface area (Å²) in [7, 11) is 1.82. The first-order valence-electron chi connectivity index (χ1n) is 5.62. The second kappa shape index (κ2) is 4.19. The van der Waals surface area contributed by atoms with E-state index < -0.39 is 6.10 Å². The monoisotopic (exact) mass is 240 g/mol. The van der Waals surface area contributed by atoms with Crippen LogP contribution in [0.4, 0.5) is 0 Å². The molecule has 0 saturated heterocycles. The summed E-state index contributed by atoms with van der Waals surface area (Å²) in [5.74, 6) is 0. The smallest absolute Gasteiger partial charge is 0.123 e. The molecule has 0 radical (unpaired) electrons. The third kappa shape index (κ3) is 1.84. The van der Waals surface area contributed by atoms with Gasteiger partial charge in [0.2, 0.25) is 0 Å². The summed E-state index contributed by atoms with van der Waals surface area (Å²) in [6.45, 7) is 0. The van der Waals surface area contributed by atoms with E-state index in [-0.39, 0.29) is 0 Å². The molecular weight excluding hydrogens is 228 g/mol. The van der Waals surface area contributed by atoms with Gasteiger partial charge in [0.15, 0.2) is 0 Å². The third-order valence-corrected chi connectivity index (χ3v) is 2.82. The number of rotatable bonds is 2. The fraction of sp³-hybridized carbons (Fsp3) is 0.154. The van der Waals surface area contributed by atoms with Gasteiger partial charge in [-0.1, -0.05) is 6.07 Å². The minimum atomic E-state index is -0.738. The minimum absolute atomic E-state index is 0.626. The Morgan fingerprint density at radius 2 is 1.89 bits per heavy atom. The first-order chi connectivity index (χ1) is 8.74. The zero-order valence-electron chi connectivity index (χ0n) is 9.85. The molecule has 1 N–H and O–H groups in total. The topological polar surface area (TPSA) is 63.8 Å². The summed E-state index contributed by atoms with van der Waals surface area (Å²) in [6.07, 6.45) is 4.35. The largest absolute Gasteiger partial charge is 0.382 e. The van der Waals surface area contributed by atoms with Crippen LogP contribution >= 0.6 is 0 Å². The minimum Gasteiger partial charge on any atom is -0.382 e. The lowest BCUT2D eigenvalue weighted by atomic mass is 10.1. The van der Waals surface area contributed by atoms with E-state index in [4.69, 9.17) is 0 Å². The molecule has 0 aliphatic heterocycles. The van der Waals surface area contributed by atoms with Crippen molar-refractivity contribution < 1.29 is 5.11 Å². The normalized spacial score (nSPS) is 12.8. The van der Waals surface area contributed by atoms with Crippen LogP contribution in [0.1, 0.15) is 17.4 Å². The van der Waals surface area contributed by atoms with Gasteiger partial charge >= 0.3 is 0 Å². The average molecular weight is 240 g/mol. The van der Waals surface area contributed by atoms with Crippen LogP contribution in [-0.4, -0.2) is 24.9 Å². The summed E-state index contributed by atoms with van der Waals surface area (Å²) in [6, 6.07) is 7.33. The fourth-order valence-corrected chi connectivity index (χ4v) is 1.90. The van der Waals surface area contributed by atoms with Gasteiger partial charge in [0.1, 0.15) is 6.10 Å². The van der Waals surface area contributed by atoms with Crippen molar-refractivity contribution in [2.45, 2.75) is 6.10 Å².